The number of aromatic nitrogens is 5. The van der Waals surface area contributed by atoms with Crippen molar-refractivity contribution >= 4 is 44.4 Å². The maximum atomic E-state index is 15.2. The number of halogens is 1. The number of aryl methyl sites for hydroxylation is 1. The summed E-state index contributed by atoms with van der Waals surface area (Å²) in [6, 6.07) is 8.35. The van der Waals surface area contributed by atoms with Crippen molar-refractivity contribution in [3.8, 4) is 28.3 Å². The van der Waals surface area contributed by atoms with Gasteiger partial charge in [0.1, 0.15) is 23.0 Å². The zero-order chi connectivity index (χ0) is 28.5. The number of anilines is 1. The van der Waals surface area contributed by atoms with Crippen LogP contribution in [0.3, 0.4) is 0 Å². The molecule has 13 heteroatoms. The van der Waals surface area contributed by atoms with Crippen molar-refractivity contribution in [3.05, 3.63) is 60.1 Å². The molecule has 0 saturated heterocycles. The van der Waals surface area contributed by atoms with Gasteiger partial charge >= 0.3 is 6.09 Å². The molecule has 5 aromatic rings. The summed E-state index contributed by atoms with van der Waals surface area (Å²) in [5.74, 6) is 0.364. The van der Waals surface area contributed by atoms with Gasteiger partial charge in [-0.15, -0.1) is 11.3 Å². The number of amides is 1. The number of carbonyl (C=O) groups is 1. The van der Waals surface area contributed by atoms with Crippen molar-refractivity contribution in [2.45, 2.75) is 38.4 Å². The molecule has 1 amide bonds. The third-order valence-electron chi connectivity index (χ3n) is 6.59. The van der Waals surface area contributed by atoms with Crippen LogP contribution in [0.15, 0.2) is 42.9 Å². The van der Waals surface area contributed by atoms with E-state index in [1.807, 2.05) is 0 Å². The maximum Gasteiger partial charge on any atom is 0.412 e. The lowest BCUT2D eigenvalue weighted by Gasteiger charge is -2.22. The average Bonchev–Trinajstić information content (AvgIpc) is 3.59. The van der Waals surface area contributed by atoms with Crippen LogP contribution < -0.4 is 14.8 Å². The number of nitrogens with zero attached hydrogens (tertiary/aromatic N) is 6. The summed E-state index contributed by atoms with van der Waals surface area (Å²) >= 11 is 1.32. The first-order chi connectivity index (χ1) is 19.9. The molecule has 1 saturated carbocycles. The molecule has 2 atom stereocenters. The summed E-state index contributed by atoms with van der Waals surface area (Å²) < 4.78 is 32.6. The molecular weight excluding hydrogens is 549 g/mol. The SMILES string of the molecule is COc1cnc2c(-c3nc4cc(F)c(O[C@H]5CCC[C@H]5OC(=O)Nc5cnc(C)nc5)cc4s3)cc(C#N)cc2n1. The Morgan fingerprint density at radius 2 is 1.88 bits per heavy atom. The van der Waals surface area contributed by atoms with Crippen LogP contribution in [0.4, 0.5) is 14.9 Å². The summed E-state index contributed by atoms with van der Waals surface area (Å²) in [7, 11) is 1.49. The van der Waals surface area contributed by atoms with Gasteiger partial charge in [-0.05, 0) is 38.3 Å². The van der Waals surface area contributed by atoms with E-state index >= 15 is 4.39 Å². The van der Waals surface area contributed by atoms with E-state index in [2.05, 4.69) is 36.3 Å². The van der Waals surface area contributed by atoms with Gasteiger partial charge in [0.15, 0.2) is 11.6 Å². The van der Waals surface area contributed by atoms with Crippen molar-refractivity contribution < 1.29 is 23.4 Å². The van der Waals surface area contributed by atoms with Crippen LogP contribution in [0, 0.1) is 24.1 Å². The van der Waals surface area contributed by atoms with Crippen LogP contribution in [0.25, 0.3) is 31.8 Å². The Kier molecular flexibility index (Phi) is 6.98. The van der Waals surface area contributed by atoms with Crippen molar-refractivity contribution in [2.75, 3.05) is 12.4 Å². The summed E-state index contributed by atoms with van der Waals surface area (Å²) in [6.45, 7) is 1.74. The van der Waals surface area contributed by atoms with E-state index in [-0.39, 0.29) is 5.75 Å². The topological polar surface area (TPSA) is 145 Å². The predicted octanol–water partition coefficient (Wildman–Crippen LogP) is 5.57. The molecule has 2 aromatic carbocycles. The molecule has 1 N–H and O–H groups in total. The Morgan fingerprint density at radius 3 is 2.66 bits per heavy atom. The van der Waals surface area contributed by atoms with Crippen LogP contribution in [-0.4, -0.2) is 50.3 Å². The lowest BCUT2D eigenvalue weighted by Crippen LogP contribution is -2.32. The number of carbonyl (C=O) groups excluding carboxylic acids is 1. The van der Waals surface area contributed by atoms with Crippen molar-refractivity contribution in [3.63, 3.8) is 0 Å². The number of hydrogen-bond acceptors (Lipinski definition) is 11. The Morgan fingerprint density at radius 1 is 1.07 bits per heavy atom. The smallest absolute Gasteiger partial charge is 0.412 e. The minimum atomic E-state index is -0.659. The zero-order valence-electron chi connectivity index (χ0n) is 21.9. The summed E-state index contributed by atoms with van der Waals surface area (Å²) in [4.78, 5) is 34.0. The van der Waals surface area contributed by atoms with Gasteiger partial charge in [0.2, 0.25) is 5.88 Å². The highest BCUT2D eigenvalue weighted by atomic mass is 32.1. The first-order valence-corrected chi connectivity index (χ1v) is 13.5. The number of methoxy groups -OCH3 is 1. The largest absolute Gasteiger partial charge is 0.483 e. The summed E-state index contributed by atoms with van der Waals surface area (Å²) in [6.07, 6.45) is 4.70. The highest BCUT2D eigenvalue weighted by Gasteiger charge is 2.33. The van der Waals surface area contributed by atoms with Gasteiger partial charge in [-0.2, -0.15) is 5.26 Å². The summed E-state index contributed by atoms with van der Waals surface area (Å²) in [5.41, 5.74) is 2.86. The van der Waals surface area contributed by atoms with E-state index in [9.17, 15) is 10.1 Å². The molecule has 41 heavy (non-hydrogen) atoms. The molecule has 0 unspecified atom stereocenters. The fraction of sp³-hybridized carbons (Fsp3) is 0.250. The Labute approximate surface area is 237 Å². The molecule has 206 valence electrons. The highest BCUT2D eigenvalue weighted by molar-refractivity contribution is 7.21. The first-order valence-electron chi connectivity index (χ1n) is 12.7. The second kappa shape index (κ2) is 10.9. The van der Waals surface area contributed by atoms with Gasteiger partial charge in [0.05, 0.1) is 64.3 Å². The van der Waals surface area contributed by atoms with Gasteiger partial charge in [-0.25, -0.2) is 34.1 Å². The van der Waals surface area contributed by atoms with Gasteiger partial charge in [-0.3, -0.25) is 5.32 Å². The van der Waals surface area contributed by atoms with Gasteiger partial charge < -0.3 is 14.2 Å². The lowest BCUT2D eigenvalue weighted by atomic mass is 10.1. The molecule has 6 rings (SSSR count). The molecule has 11 nitrogen and oxygen atoms in total. The second-order valence-electron chi connectivity index (χ2n) is 9.36. The number of fused-ring (bicyclic) bond motifs is 2. The zero-order valence-corrected chi connectivity index (χ0v) is 22.7. The standard InChI is InChI=1S/C28H22FN7O4S/c1-14-31-11-16(12-32-14)34-28(37)40-22-5-3-4-21(22)39-23-9-24-19(8-18(23)29)36-27(41-24)17-6-15(10-30)7-20-26(17)33-13-25(35-20)38-2/h6-9,11-13,21-22H,3-5H2,1-2H3,(H,34,37)/t21-,22+/m0/s1. The second-order valence-corrected chi connectivity index (χ2v) is 10.4. The average molecular weight is 572 g/mol. The number of ether oxygens (including phenoxy) is 3. The molecule has 0 aliphatic heterocycles. The van der Waals surface area contributed by atoms with Crippen LogP contribution in [0.1, 0.15) is 30.7 Å². The molecule has 3 aromatic heterocycles. The molecule has 1 fully saturated rings. The molecule has 1 aliphatic carbocycles. The molecule has 0 radical (unpaired) electrons. The molecule has 3 heterocycles. The minimum Gasteiger partial charge on any atom is -0.483 e. The number of rotatable bonds is 6. The van der Waals surface area contributed by atoms with Crippen molar-refractivity contribution in [1.82, 2.24) is 24.9 Å². The lowest BCUT2D eigenvalue weighted by molar-refractivity contribution is 0.0400. The van der Waals surface area contributed by atoms with Crippen LogP contribution >= 0.6 is 11.3 Å². The fourth-order valence-electron chi connectivity index (χ4n) is 4.64. The van der Waals surface area contributed by atoms with E-state index in [1.165, 1.54) is 43.1 Å². The third-order valence-corrected chi connectivity index (χ3v) is 7.64. The number of thiazole rings is 1. The van der Waals surface area contributed by atoms with E-state index in [0.29, 0.717) is 67.6 Å². The fourth-order valence-corrected chi connectivity index (χ4v) is 5.63. The maximum absolute atomic E-state index is 15.2. The van der Waals surface area contributed by atoms with E-state index in [1.54, 1.807) is 25.1 Å². The van der Waals surface area contributed by atoms with Crippen LogP contribution in [0.2, 0.25) is 0 Å². The summed E-state index contributed by atoms with van der Waals surface area (Å²) in [5, 5.41) is 12.7. The third kappa shape index (κ3) is 5.42. The minimum absolute atomic E-state index is 0.0423. The first kappa shape index (κ1) is 26.3. The van der Waals surface area contributed by atoms with Gasteiger partial charge in [0, 0.05) is 17.7 Å². The monoisotopic (exact) mass is 571 g/mol. The van der Waals surface area contributed by atoms with Gasteiger partial charge in [-0.1, -0.05) is 0 Å². The normalized spacial score (nSPS) is 16.4. The molecule has 0 spiro atoms. The van der Waals surface area contributed by atoms with Crippen LogP contribution in [0.5, 0.6) is 11.6 Å². The van der Waals surface area contributed by atoms with Crippen molar-refractivity contribution in [2.24, 2.45) is 0 Å². The van der Waals surface area contributed by atoms with Crippen LogP contribution in [-0.2, 0) is 4.74 Å². The van der Waals surface area contributed by atoms with Gasteiger partial charge in [0.25, 0.3) is 0 Å². The number of benzene rings is 2. The highest BCUT2D eigenvalue weighted by Crippen LogP contribution is 2.38. The Balaban J connectivity index is 1.24. The van der Waals surface area contributed by atoms with Crippen molar-refractivity contribution in [1.29, 1.82) is 5.26 Å². The molecule has 1 aliphatic rings. The molecular formula is C28H22FN7O4S. The van der Waals surface area contributed by atoms with E-state index in [0.717, 1.165) is 6.42 Å². The predicted molar refractivity (Wildman–Crippen MR) is 148 cm³/mol. The number of hydrogen-bond donors (Lipinski definition) is 1. The van der Waals surface area contributed by atoms with E-state index < -0.39 is 24.1 Å². The Bertz CT molecular complexity index is 1820. The quantitative estimate of drug-likeness (QED) is 0.274. The Hall–Kier alpha value is -4.96. The number of nitrogens with one attached hydrogen (secondary N) is 1. The molecule has 0 bridgehead atoms. The number of nitriles is 1. The van der Waals surface area contributed by atoms with E-state index in [4.69, 9.17) is 14.2 Å².